The van der Waals surface area contributed by atoms with Crippen LogP contribution in [0.3, 0.4) is 0 Å². The summed E-state index contributed by atoms with van der Waals surface area (Å²) in [6.45, 7) is 3.99. The van der Waals surface area contributed by atoms with Gasteiger partial charge in [0.25, 0.3) is 11.6 Å². The molecule has 0 heterocycles. The van der Waals surface area contributed by atoms with Gasteiger partial charge in [0, 0.05) is 17.8 Å². The van der Waals surface area contributed by atoms with Crippen LogP contribution < -0.4 is 14.8 Å². The number of hydrogen-bond donors (Lipinski definition) is 1. The number of halogens is 1. The number of carbonyl (C=O) groups excluding carboxylic acids is 1. The van der Waals surface area contributed by atoms with Crippen molar-refractivity contribution in [2.45, 2.75) is 20.5 Å². The lowest BCUT2D eigenvalue weighted by atomic mass is 10.1. The van der Waals surface area contributed by atoms with Gasteiger partial charge in [0.05, 0.1) is 15.6 Å². The molecule has 35 heavy (non-hydrogen) atoms. The average Bonchev–Trinajstić information content (AvgIpc) is 2.83. The van der Waals surface area contributed by atoms with Gasteiger partial charge >= 0.3 is 0 Å². The van der Waals surface area contributed by atoms with E-state index >= 15 is 0 Å². The summed E-state index contributed by atoms with van der Waals surface area (Å²) in [7, 11) is 1.50. The lowest BCUT2D eigenvalue weighted by Crippen LogP contribution is -2.14. The Morgan fingerprint density at radius 2 is 1.89 bits per heavy atom. The van der Waals surface area contributed by atoms with Crippen LogP contribution in [0.4, 0.5) is 11.4 Å². The zero-order valence-electron chi connectivity index (χ0n) is 19.3. The third-order valence-corrected chi connectivity index (χ3v) is 5.90. The molecule has 0 unspecified atom stereocenters. The lowest BCUT2D eigenvalue weighted by Gasteiger charge is -2.14. The molecule has 9 heteroatoms. The Bertz CT molecular complexity index is 1340. The Labute approximate surface area is 216 Å². The number of nitrogens with one attached hydrogen (secondary N) is 1. The molecule has 0 bridgehead atoms. The standard InChI is InChI=1S/C26H22IN3O5/c1-16-4-5-17(2)23(10-16)29-26(31)20(14-28)11-19-12-22(27)25(24(13-19)34-3)35-15-18-6-8-21(9-7-18)30(32)33/h4-13H,15H2,1-3H3,(H,29,31)/b20-11-. The van der Waals surface area contributed by atoms with Crippen molar-refractivity contribution in [3.05, 3.63) is 96.1 Å². The normalized spacial score (nSPS) is 10.9. The molecule has 0 saturated heterocycles. The number of non-ortho nitro benzene ring substituents is 1. The van der Waals surface area contributed by atoms with Crippen LogP contribution in [0.2, 0.25) is 0 Å². The monoisotopic (exact) mass is 583 g/mol. The topological polar surface area (TPSA) is 114 Å². The van der Waals surface area contributed by atoms with E-state index in [0.717, 1.165) is 16.7 Å². The highest BCUT2D eigenvalue weighted by molar-refractivity contribution is 14.1. The van der Waals surface area contributed by atoms with Gasteiger partial charge in [-0.15, -0.1) is 0 Å². The van der Waals surface area contributed by atoms with Crippen LogP contribution in [-0.4, -0.2) is 17.9 Å². The predicted molar refractivity (Wildman–Crippen MR) is 141 cm³/mol. The first-order valence-corrected chi connectivity index (χ1v) is 11.5. The van der Waals surface area contributed by atoms with E-state index in [1.807, 2.05) is 38.1 Å². The number of nitro groups is 1. The second-order valence-electron chi connectivity index (χ2n) is 7.69. The molecule has 1 N–H and O–H groups in total. The summed E-state index contributed by atoms with van der Waals surface area (Å²) in [5.74, 6) is 0.410. The van der Waals surface area contributed by atoms with Gasteiger partial charge in [-0.05, 0) is 95.1 Å². The van der Waals surface area contributed by atoms with Crippen molar-refractivity contribution in [1.29, 1.82) is 5.26 Å². The fourth-order valence-electron chi connectivity index (χ4n) is 3.21. The molecule has 0 saturated carbocycles. The largest absolute Gasteiger partial charge is 0.493 e. The van der Waals surface area contributed by atoms with E-state index in [9.17, 15) is 20.2 Å². The van der Waals surface area contributed by atoms with Crippen LogP contribution in [0.5, 0.6) is 11.5 Å². The molecule has 0 aromatic heterocycles. The summed E-state index contributed by atoms with van der Waals surface area (Å²) in [5.41, 5.74) is 3.85. The van der Waals surface area contributed by atoms with Gasteiger partial charge in [0.2, 0.25) is 0 Å². The van der Waals surface area contributed by atoms with E-state index in [2.05, 4.69) is 27.9 Å². The fourth-order valence-corrected chi connectivity index (χ4v) is 3.99. The second kappa shape index (κ2) is 11.5. The van der Waals surface area contributed by atoms with Gasteiger partial charge in [0.1, 0.15) is 18.2 Å². The number of methoxy groups -OCH3 is 1. The molecular weight excluding hydrogens is 561 g/mol. The summed E-state index contributed by atoms with van der Waals surface area (Å²) in [6, 6.07) is 17.2. The molecule has 0 atom stereocenters. The number of benzene rings is 3. The highest BCUT2D eigenvalue weighted by Crippen LogP contribution is 2.35. The third kappa shape index (κ3) is 6.58. The van der Waals surface area contributed by atoms with Crippen LogP contribution in [-0.2, 0) is 11.4 Å². The van der Waals surface area contributed by atoms with Crippen LogP contribution in [0.25, 0.3) is 6.08 Å². The minimum Gasteiger partial charge on any atom is -0.493 e. The van der Waals surface area contributed by atoms with Gasteiger partial charge in [-0.3, -0.25) is 14.9 Å². The number of nitriles is 1. The molecule has 3 aromatic rings. The quantitative estimate of drug-likeness (QED) is 0.115. The molecule has 3 aromatic carbocycles. The first kappa shape index (κ1) is 25.7. The Morgan fingerprint density at radius 1 is 1.17 bits per heavy atom. The second-order valence-corrected chi connectivity index (χ2v) is 8.85. The minimum atomic E-state index is -0.506. The molecule has 0 aliphatic heterocycles. The van der Waals surface area contributed by atoms with Crippen LogP contribution in [0.15, 0.2) is 60.2 Å². The molecule has 1 amide bonds. The Balaban J connectivity index is 1.81. The maximum absolute atomic E-state index is 12.7. The van der Waals surface area contributed by atoms with Gasteiger partial charge in [0.15, 0.2) is 11.5 Å². The maximum Gasteiger partial charge on any atom is 0.269 e. The molecule has 0 aliphatic rings. The fraction of sp³-hybridized carbons (Fsp3) is 0.154. The Kier molecular flexibility index (Phi) is 8.43. The van der Waals surface area contributed by atoms with E-state index in [0.29, 0.717) is 26.3 Å². The molecule has 0 fully saturated rings. The predicted octanol–water partition coefficient (Wildman–Crippen LogP) is 5.95. The molecule has 0 radical (unpaired) electrons. The lowest BCUT2D eigenvalue weighted by molar-refractivity contribution is -0.384. The van der Waals surface area contributed by atoms with E-state index < -0.39 is 10.8 Å². The van der Waals surface area contributed by atoms with Crippen molar-refractivity contribution in [2.24, 2.45) is 0 Å². The van der Waals surface area contributed by atoms with Crippen molar-refractivity contribution in [3.8, 4) is 17.6 Å². The van der Waals surface area contributed by atoms with Crippen LogP contribution in [0.1, 0.15) is 22.3 Å². The molecule has 8 nitrogen and oxygen atoms in total. The number of aryl methyl sites for hydroxylation is 2. The van der Waals surface area contributed by atoms with Crippen molar-refractivity contribution < 1.29 is 19.2 Å². The Morgan fingerprint density at radius 3 is 2.51 bits per heavy atom. The van der Waals surface area contributed by atoms with Crippen molar-refractivity contribution in [3.63, 3.8) is 0 Å². The maximum atomic E-state index is 12.7. The number of nitro benzene ring substituents is 1. The first-order chi connectivity index (χ1) is 16.7. The average molecular weight is 583 g/mol. The van der Waals surface area contributed by atoms with Gasteiger partial charge in [-0.25, -0.2) is 0 Å². The van der Waals surface area contributed by atoms with Crippen molar-refractivity contribution in [2.75, 3.05) is 12.4 Å². The Hall–Kier alpha value is -3.91. The number of anilines is 1. The zero-order valence-corrected chi connectivity index (χ0v) is 21.5. The minimum absolute atomic E-state index is 0.00643. The number of hydrogen-bond acceptors (Lipinski definition) is 6. The van der Waals surface area contributed by atoms with E-state index in [-0.39, 0.29) is 17.9 Å². The molecule has 0 aliphatic carbocycles. The van der Waals surface area contributed by atoms with Crippen LogP contribution >= 0.6 is 22.6 Å². The summed E-state index contributed by atoms with van der Waals surface area (Å²) in [6.07, 6.45) is 1.49. The molecule has 3 rings (SSSR count). The van der Waals surface area contributed by atoms with E-state index in [4.69, 9.17) is 9.47 Å². The van der Waals surface area contributed by atoms with Crippen molar-refractivity contribution >= 4 is 45.9 Å². The number of carbonyl (C=O) groups is 1. The number of amides is 1. The number of ether oxygens (including phenoxy) is 2. The van der Waals surface area contributed by atoms with Gasteiger partial charge in [-0.2, -0.15) is 5.26 Å². The molecule has 0 spiro atoms. The highest BCUT2D eigenvalue weighted by atomic mass is 127. The van der Waals surface area contributed by atoms with E-state index in [1.54, 1.807) is 24.3 Å². The van der Waals surface area contributed by atoms with Gasteiger partial charge < -0.3 is 14.8 Å². The summed E-state index contributed by atoms with van der Waals surface area (Å²) >= 11 is 2.09. The first-order valence-electron chi connectivity index (χ1n) is 10.5. The zero-order chi connectivity index (χ0) is 25.5. The third-order valence-electron chi connectivity index (χ3n) is 5.10. The summed E-state index contributed by atoms with van der Waals surface area (Å²) < 4.78 is 12.1. The highest BCUT2D eigenvalue weighted by Gasteiger charge is 2.15. The van der Waals surface area contributed by atoms with Gasteiger partial charge in [-0.1, -0.05) is 12.1 Å². The summed E-state index contributed by atoms with van der Waals surface area (Å²) in [4.78, 5) is 23.1. The van der Waals surface area contributed by atoms with E-state index in [1.165, 1.54) is 25.3 Å². The summed E-state index contributed by atoms with van der Waals surface area (Å²) in [5, 5.41) is 23.2. The smallest absolute Gasteiger partial charge is 0.269 e. The van der Waals surface area contributed by atoms with Crippen LogP contribution in [0, 0.1) is 38.9 Å². The SMILES string of the molecule is COc1cc(/C=C(/C#N)C(=O)Nc2cc(C)ccc2C)cc(I)c1OCc1ccc([N+](=O)[O-])cc1. The van der Waals surface area contributed by atoms with Crippen molar-refractivity contribution in [1.82, 2.24) is 0 Å². The number of nitrogens with zero attached hydrogens (tertiary/aromatic N) is 2. The number of rotatable bonds is 8. The molecule has 178 valence electrons. The molecular formula is C26H22IN3O5.